The van der Waals surface area contributed by atoms with E-state index in [1.54, 1.807) is 13.1 Å². The van der Waals surface area contributed by atoms with Crippen molar-refractivity contribution in [3.05, 3.63) is 40.7 Å². The van der Waals surface area contributed by atoms with Gasteiger partial charge in [-0.05, 0) is 19.9 Å². The number of anilines is 1. The molecule has 1 atom stereocenters. The second-order valence-electron chi connectivity index (χ2n) is 4.89. The smallest absolute Gasteiger partial charge is 0.271 e. The largest absolute Gasteiger partial charge is 0.495 e. The number of hydrogen-bond acceptors (Lipinski definition) is 6. The van der Waals surface area contributed by atoms with Gasteiger partial charge in [-0.15, -0.1) is 0 Å². The Balaban J connectivity index is 2.13. The Bertz CT molecular complexity index is 747. The third kappa shape index (κ3) is 4.05. The Kier molecular flexibility index (Phi) is 5.80. The van der Waals surface area contributed by atoms with Gasteiger partial charge in [0.05, 0.1) is 23.0 Å². The number of carbonyl (C=O) groups excluding carboxylic acids is 1. The van der Waals surface area contributed by atoms with Gasteiger partial charge in [-0.2, -0.15) is 0 Å². The zero-order chi connectivity index (χ0) is 17.7. The molecule has 1 N–H and O–H groups in total. The van der Waals surface area contributed by atoms with Crippen molar-refractivity contribution in [3.63, 3.8) is 0 Å². The molecular weight excluding hydrogens is 332 g/mol. The fourth-order valence-electron chi connectivity index (χ4n) is 2.01. The average Bonchev–Trinajstić information content (AvgIpc) is 3.01. The summed E-state index contributed by atoms with van der Waals surface area (Å²) in [5.41, 5.74) is 0.149. The normalized spacial score (nSPS) is 11.8. The van der Waals surface area contributed by atoms with Gasteiger partial charge in [0, 0.05) is 31.1 Å². The van der Waals surface area contributed by atoms with E-state index in [4.69, 9.17) is 4.74 Å². The van der Waals surface area contributed by atoms with Gasteiger partial charge in [-0.1, -0.05) is 11.8 Å². The standard InChI is InChI=1S/C15H18N4O4S/c1-4-18-8-7-16-15(18)24-10(2)14(20)17-12-9-11(19(21)22)5-6-13(12)23-3/h5-10H,4H2,1-3H3,(H,17,20). The van der Waals surface area contributed by atoms with Gasteiger partial charge in [-0.3, -0.25) is 14.9 Å². The number of non-ortho nitro benzene ring substituents is 1. The quantitative estimate of drug-likeness (QED) is 0.468. The van der Waals surface area contributed by atoms with E-state index in [1.807, 2.05) is 17.7 Å². The molecule has 2 aromatic rings. The van der Waals surface area contributed by atoms with Crippen LogP contribution in [-0.2, 0) is 11.3 Å². The van der Waals surface area contributed by atoms with Crippen molar-refractivity contribution < 1.29 is 14.5 Å². The topological polar surface area (TPSA) is 99.3 Å². The Hall–Kier alpha value is -2.55. The molecule has 0 spiro atoms. The fraction of sp³-hybridized carbons (Fsp3) is 0.333. The number of rotatable bonds is 7. The predicted octanol–water partition coefficient (Wildman–Crippen LogP) is 2.94. The van der Waals surface area contributed by atoms with Gasteiger partial charge < -0.3 is 14.6 Å². The van der Waals surface area contributed by atoms with Crippen LogP contribution in [0.4, 0.5) is 11.4 Å². The molecule has 0 bridgehead atoms. The maximum absolute atomic E-state index is 12.4. The number of ether oxygens (including phenoxy) is 1. The minimum Gasteiger partial charge on any atom is -0.495 e. The Morgan fingerprint density at radius 1 is 1.54 bits per heavy atom. The fourth-order valence-corrected chi connectivity index (χ4v) is 2.94. The minimum atomic E-state index is -0.522. The van der Waals surface area contributed by atoms with E-state index in [0.717, 1.165) is 11.7 Å². The van der Waals surface area contributed by atoms with E-state index in [1.165, 1.54) is 37.1 Å². The highest BCUT2D eigenvalue weighted by Gasteiger charge is 2.20. The van der Waals surface area contributed by atoms with Crippen LogP contribution in [0, 0.1) is 10.1 Å². The maximum atomic E-state index is 12.4. The highest BCUT2D eigenvalue weighted by molar-refractivity contribution is 8.00. The summed E-state index contributed by atoms with van der Waals surface area (Å²) in [4.78, 5) is 27.0. The number of aryl methyl sites for hydroxylation is 1. The molecule has 0 radical (unpaired) electrons. The lowest BCUT2D eigenvalue weighted by Gasteiger charge is -2.14. The number of amides is 1. The van der Waals surface area contributed by atoms with Crippen LogP contribution >= 0.6 is 11.8 Å². The molecule has 1 aromatic heterocycles. The molecule has 0 saturated heterocycles. The first-order chi connectivity index (χ1) is 11.5. The summed E-state index contributed by atoms with van der Waals surface area (Å²) >= 11 is 1.32. The molecule has 1 aromatic carbocycles. The van der Waals surface area contributed by atoms with Gasteiger partial charge in [0.25, 0.3) is 5.69 Å². The number of thioether (sulfide) groups is 1. The van der Waals surface area contributed by atoms with Gasteiger partial charge in [-0.25, -0.2) is 4.98 Å². The second-order valence-corrected chi connectivity index (χ2v) is 6.19. The third-order valence-electron chi connectivity index (χ3n) is 3.32. The molecule has 2 rings (SSSR count). The van der Waals surface area contributed by atoms with Crippen LogP contribution in [0.15, 0.2) is 35.7 Å². The summed E-state index contributed by atoms with van der Waals surface area (Å²) in [6.45, 7) is 4.50. The molecule has 0 aliphatic heterocycles. The van der Waals surface area contributed by atoms with Crippen LogP contribution in [0.5, 0.6) is 5.75 Å². The number of nitrogens with one attached hydrogen (secondary N) is 1. The summed E-state index contributed by atoms with van der Waals surface area (Å²) in [7, 11) is 1.44. The number of imidazole rings is 1. The number of benzene rings is 1. The van der Waals surface area contributed by atoms with Gasteiger partial charge in [0.1, 0.15) is 5.75 Å². The van der Waals surface area contributed by atoms with E-state index in [-0.39, 0.29) is 17.3 Å². The van der Waals surface area contributed by atoms with Crippen LogP contribution in [0.2, 0.25) is 0 Å². The van der Waals surface area contributed by atoms with Crippen molar-refractivity contribution in [2.45, 2.75) is 30.8 Å². The Morgan fingerprint density at radius 2 is 2.29 bits per heavy atom. The van der Waals surface area contributed by atoms with Gasteiger partial charge in [0.15, 0.2) is 5.16 Å². The average molecular weight is 350 g/mol. The van der Waals surface area contributed by atoms with E-state index in [0.29, 0.717) is 5.75 Å². The van der Waals surface area contributed by atoms with E-state index in [9.17, 15) is 14.9 Å². The molecule has 1 amide bonds. The third-order valence-corrected chi connectivity index (χ3v) is 4.44. The summed E-state index contributed by atoms with van der Waals surface area (Å²) in [6, 6.07) is 4.06. The van der Waals surface area contributed by atoms with E-state index < -0.39 is 10.2 Å². The van der Waals surface area contributed by atoms with Crippen LogP contribution in [0.3, 0.4) is 0 Å². The highest BCUT2D eigenvalue weighted by Crippen LogP contribution is 2.30. The lowest BCUT2D eigenvalue weighted by molar-refractivity contribution is -0.384. The van der Waals surface area contributed by atoms with Gasteiger partial charge in [0.2, 0.25) is 5.91 Å². The van der Waals surface area contributed by atoms with Crippen molar-refractivity contribution in [2.24, 2.45) is 0 Å². The van der Waals surface area contributed by atoms with Crippen LogP contribution in [0.25, 0.3) is 0 Å². The number of hydrogen-bond donors (Lipinski definition) is 1. The maximum Gasteiger partial charge on any atom is 0.271 e. The zero-order valence-corrected chi connectivity index (χ0v) is 14.4. The molecule has 0 saturated carbocycles. The molecule has 0 fully saturated rings. The number of nitro benzene ring substituents is 1. The minimum absolute atomic E-state index is 0.118. The van der Waals surface area contributed by atoms with Gasteiger partial charge >= 0.3 is 0 Å². The first-order valence-electron chi connectivity index (χ1n) is 7.27. The van der Waals surface area contributed by atoms with Crippen LogP contribution < -0.4 is 10.1 Å². The number of methoxy groups -OCH3 is 1. The number of nitrogens with zero attached hydrogens (tertiary/aromatic N) is 3. The molecule has 8 nitrogen and oxygen atoms in total. The summed E-state index contributed by atoms with van der Waals surface area (Å²) < 4.78 is 7.08. The van der Waals surface area contributed by atoms with Crippen molar-refractivity contribution in [1.29, 1.82) is 0 Å². The molecular formula is C15H18N4O4S. The van der Waals surface area contributed by atoms with Crippen molar-refractivity contribution in [3.8, 4) is 5.75 Å². The van der Waals surface area contributed by atoms with Crippen LogP contribution in [-0.4, -0.2) is 32.7 Å². The van der Waals surface area contributed by atoms with Crippen LogP contribution in [0.1, 0.15) is 13.8 Å². The Morgan fingerprint density at radius 3 is 2.92 bits per heavy atom. The van der Waals surface area contributed by atoms with Crippen molar-refractivity contribution >= 4 is 29.0 Å². The summed E-state index contributed by atoms with van der Waals surface area (Å²) in [5, 5.41) is 13.9. The first kappa shape index (κ1) is 17.8. The molecule has 1 heterocycles. The SMILES string of the molecule is CCn1ccnc1SC(C)C(=O)Nc1cc([N+](=O)[O-])ccc1OC. The van der Waals surface area contributed by atoms with Crippen molar-refractivity contribution in [1.82, 2.24) is 9.55 Å². The molecule has 1 unspecified atom stereocenters. The number of nitro groups is 1. The molecule has 0 aliphatic rings. The highest BCUT2D eigenvalue weighted by atomic mass is 32.2. The predicted molar refractivity (Wildman–Crippen MR) is 91.5 cm³/mol. The number of aromatic nitrogens is 2. The summed E-state index contributed by atoms with van der Waals surface area (Å²) in [5.74, 6) is 0.0747. The molecule has 0 aliphatic carbocycles. The molecule has 24 heavy (non-hydrogen) atoms. The van der Waals surface area contributed by atoms with E-state index in [2.05, 4.69) is 10.3 Å². The second kappa shape index (κ2) is 7.82. The lowest BCUT2D eigenvalue weighted by Crippen LogP contribution is -2.23. The zero-order valence-electron chi connectivity index (χ0n) is 13.6. The Labute approximate surface area is 143 Å². The van der Waals surface area contributed by atoms with E-state index >= 15 is 0 Å². The summed E-state index contributed by atoms with van der Waals surface area (Å²) in [6.07, 6.45) is 3.52. The lowest BCUT2D eigenvalue weighted by atomic mass is 10.2. The first-order valence-corrected chi connectivity index (χ1v) is 8.15. The molecule has 9 heteroatoms. The van der Waals surface area contributed by atoms with Crippen molar-refractivity contribution in [2.75, 3.05) is 12.4 Å². The molecule has 128 valence electrons. The number of carbonyl (C=O) groups is 1. The monoisotopic (exact) mass is 350 g/mol.